The van der Waals surface area contributed by atoms with Crippen molar-refractivity contribution in [2.75, 3.05) is 5.73 Å². The van der Waals surface area contributed by atoms with E-state index >= 15 is 0 Å². The molecule has 0 aliphatic carbocycles. The van der Waals surface area contributed by atoms with Crippen molar-refractivity contribution >= 4 is 39.3 Å². The fourth-order valence-electron chi connectivity index (χ4n) is 1.44. The first-order valence-corrected chi connectivity index (χ1v) is 5.77. The van der Waals surface area contributed by atoms with E-state index in [1.807, 2.05) is 0 Å². The van der Waals surface area contributed by atoms with E-state index in [0.29, 0.717) is 20.7 Å². The summed E-state index contributed by atoms with van der Waals surface area (Å²) in [6, 6.07) is 5.18. The summed E-state index contributed by atoms with van der Waals surface area (Å²) in [6.45, 7) is 0. The highest BCUT2D eigenvalue weighted by atomic mass is 79.9. The van der Waals surface area contributed by atoms with Gasteiger partial charge in [-0.25, -0.2) is 4.68 Å². The quantitative estimate of drug-likeness (QED) is 0.888. The normalized spacial score (nSPS) is 10.5. The van der Waals surface area contributed by atoms with Crippen LogP contribution in [0.1, 0.15) is 10.4 Å². The van der Waals surface area contributed by atoms with Gasteiger partial charge in [-0.05, 0) is 28.1 Å². The molecule has 1 amide bonds. The number of carbonyl (C=O) groups excluding carboxylic acids is 1. The molecule has 5 nitrogen and oxygen atoms in total. The summed E-state index contributed by atoms with van der Waals surface area (Å²) in [5, 5.41) is 4.32. The molecule has 2 aromatic rings. The van der Waals surface area contributed by atoms with Gasteiger partial charge in [0, 0.05) is 4.47 Å². The van der Waals surface area contributed by atoms with E-state index < -0.39 is 5.91 Å². The number of aromatic nitrogens is 2. The molecule has 0 aliphatic rings. The first-order chi connectivity index (χ1) is 8.00. The summed E-state index contributed by atoms with van der Waals surface area (Å²) in [7, 11) is 0. The molecule has 0 spiro atoms. The predicted octanol–water partition coefficient (Wildman–Crippen LogP) is 1.97. The Balaban J connectivity index is 2.67. The van der Waals surface area contributed by atoms with Crippen molar-refractivity contribution in [1.29, 1.82) is 0 Å². The molecule has 0 radical (unpaired) electrons. The van der Waals surface area contributed by atoms with Crippen molar-refractivity contribution in [3.63, 3.8) is 0 Å². The number of anilines is 1. The third kappa shape index (κ3) is 2.13. The van der Waals surface area contributed by atoms with Crippen LogP contribution in [0.5, 0.6) is 0 Å². The van der Waals surface area contributed by atoms with Gasteiger partial charge < -0.3 is 11.5 Å². The van der Waals surface area contributed by atoms with Gasteiger partial charge in [0.2, 0.25) is 0 Å². The van der Waals surface area contributed by atoms with Crippen LogP contribution in [-0.4, -0.2) is 15.7 Å². The number of amides is 1. The van der Waals surface area contributed by atoms with Gasteiger partial charge in [-0.15, -0.1) is 5.10 Å². The number of nitrogens with two attached hydrogens (primary N) is 2. The highest BCUT2D eigenvalue weighted by Crippen LogP contribution is 2.25. The molecule has 17 heavy (non-hydrogen) atoms. The maximum absolute atomic E-state index is 11.4. The fourth-order valence-corrected chi connectivity index (χ4v) is 2.12. The van der Waals surface area contributed by atoms with Crippen LogP contribution in [0.3, 0.4) is 0 Å². The van der Waals surface area contributed by atoms with Crippen molar-refractivity contribution in [3.05, 3.63) is 39.5 Å². The minimum absolute atomic E-state index is 0.196. The SMILES string of the molecule is NC(=O)c1c(Br)cccc1-n1cc(Cl)c(N)n1. The van der Waals surface area contributed by atoms with E-state index in [-0.39, 0.29) is 5.82 Å². The van der Waals surface area contributed by atoms with Crippen LogP contribution in [0.15, 0.2) is 28.9 Å². The number of nitrogens with zero attached hydrogens (tertiary/aromatic N) is 2. The average molecular weight is 316 g/mol. The molecule has 88 valence electrons. The zero-order valence-electron chi connectivity index (χ0n) is 8.52. The molecule has 0 fully saturated rings. The monoisotopic (exact) mass is 314 g/mol. The lowest BCUT2D eigenvalue weighted by Crippen LogP contribution is -2.15. The Hall–Kier alpha value is -1.53. The molecule has 0 atom stereocenters. The fraction of sp³-hybridized carbons (Fsp3) is 0. The molecular formula is C10H8BrClN4O. The Morgan fingerprint density at radius 2 is 2.18 bits per heavy atom. The minimum atomic E-state index is -0.558. The maximum Gasteiger partial charge on any atom is 0.252 e. The summed E-state index contributed by atoms with van der Waals surface area (Å²) >= 11 is 9.08. The Labute approximate surface area is 110 Å². The zero-order chi connectivity index (χ0) is 12.6. The van der Waals surface area contributed by atoms with Gasteiger partial charge in [-0.1, -0.05) is 17.7 Å². The Kier molecular flexibility index (Phi) is 3.08. The molecule has 0 saturated carbocycles. The molecule has 2 rings (SSSR count). The largest absolute Gasteiger partial charge is 0.381 e. The molecule has 0 bridgehead atoms. The second-order valence-corrected chi connectivity index (χ2v) is 4.57. The second kappa shape index (κ2) is 4.38. The van der Waals surface area contributed by atoms with Crippen molar-refractivity contribution in [2.45, 2.75) is 0 Å². The summed E-state index contributed by atoms with van der Waals surface area (Å²) in [5.41, 5.74) is 11.7. The molecule has 7 heteroatoms. The molecular weight excluding hydrogens is 307 g/mol. The highest BCUT2D eigenvalue weighted by molar-refractivity contribution is 9.10. The second-order valence-electron chi connectivity index (χ2n) is 3.31. The van der Waals surface area contributed by atoms with E-state index in [4.69, 9.17) is 23.1 Å². The zero-order valence-corrected chi connectivity index (χ0v) is 10.9. The van der Waals surface area contributed by atoms with Gasteiger partial charge in [0.05, 0.1) is 17.4 Å². The number of halogens is 2. The molecule has 4 N–H and O–H groups in total. The topological polar surface area (TPSA) is 86.9 Å². The van der Waals surface area contributed by atoms with Crippen molar-refractivity contribution in [3.8, 4) is 5.69 Å². The molecule has 1 aromatic heterocycles. The van der Waals surface area contributed by atoms with Crippen LogP contribution < -0.4 is 11.5 Å². The van der Waals surface area contributed by atoms with Crippen molar-refractivity contribution in [1.82, 2.24) is 9.78 Å². The molecule has 0 unspecified atom stereocenters. The molecule has 0 saturated heterocycles. The van der Waals surface area contributed by atoms with Gasteiger partial charge in [0.15, 0.2) is 5.82 Å². The molecule has 1 heterocycles. The Bertz CT molecular complexity index is 576. The lowest BCUT2D eigenvalue weighted by Gasteiger charge is -2.08. The Morgan fingerprint density at radius 1 is 1.47 bits per heavy atom. The van der Waals surface area contributed by atoms with Crippen LogP contribution in [-0.2, 0) is 0 Å². The number of hydrogen-bond donors (Lipinski definition) is 2. The van der Waals surface area contributed by atoms with Gasteiger partial charge >= 0.3 is 0 Å². The lowest BCUT2D eigenvalue weighted by atomic mass is 10.1. The first-order valence-electron chi connectivity index (χ1n) is 4.60. The van der Waals surface area contributed by atoms with E-state index in [0.717, 1.165) is 0 Å². The average Bonchev–Trinajstić information content (AvgIpc) is 2.58. The van der Waals surface area contributed by atoms with E-state index in [1.54, 1.807) is 18.2 Å². The molecule has 0 aliphatic heterocycles. The van der Waals surface area contributed by atoms with Crippen LogP contribution in [0, 0.1) is 0 Å². The third-order valence-corrected chi connectivity index (χ3v) is 3.13. The number of primary amides is 1. The minimum Gasteiger partial charge on any atom is -0.381 e. The first kappa shape index (κ1) is 11.9. The number of carbonyl (C=O) groups is 1. The van der Waals surface area contributed by atoms with E-state index in [9.17, 15) is 4.79 Å². The van der Waals surface area contributed by atoms with Gasteiger partial charge in [0.1, 0.15) is 5.02 Å². The lowest BCUT2D eigenvalue weighted by molar-refractivity contribution is 0.0999. The van der Waals surface area contributed by atoms with Gasteiger partial charge in [-0.2, -0.15) is 0 Å². The third-order valence-electron chi connectivity index (χ3n) is 2.18. The van der Waals surface area contributed by atoms with Gasteiger partial charge in [-0.3, -0.25) is 4.79 Å². The summed E-state index contributed by atoms with van der Waals surface area (Å²) in [6.07, 6.45) is 1.52. The highest BCUT2D eigenvalue weighted by Gasteiger charge is 2.15. The predicted molar refractivity (Wildman–Crippen MR) is 69.2 cm³/mol. The van der Waals surface area contributed by atoms with E-state index in [2.05, 4.69) is 21.0 Å². The standard InChI is InChI=1S/C10H8BrClN4O/c11-5-2-1-3-7(8(5)10(14)17)16-4-6(12)9(13)15-16/h1-4H,(H2,13,15)(H2,14,17). The van der Waals surface area contributed by atoms with Crippen LogP contribution in [0.25, 0.3) is 5.69 Å². The van der Waals surface area contributed by atoms with Crippen molar-refractivity contribution in [2.24, 2.45) is 5.73 Å². The number of hydrogen-bond acceptors (Lipinski definition) is 3. The number of nitrogen functional groups attached to an aromatic ring is 1. The van der Waals surface area contributed by atoms with Crippen LogP contribution in [0.2, 0.25) is 5.02 Å². The summed E-state index contributed by atoms with van der Waals surface area (Å²) < 4.78 is 2.01. The smallest absolute Gasteiger partial charge is 0.252 e. The van der Waals surface area contributed by atoms with Gasteiger partial charge in [0.25, 0.3) is 5.91 Å². The molecule has 1 aromatic carbocycles. The van der Waals surface area contributed by atoms with Crippen molar-refractivity contribution < 1.29 is 4.79 Å². The maximum atomic E-state index is 11.4. The number of rotatable bonds is 2. The van der Waals surface area contributed by atoms with Crippen LogP contribution in [0.4, 0.5) is 5.82 Å². The van der Waals surface area contributed by atoms with E-state index in [1.165, 1.54) is 10.9 Å². The number of benzene rings is 1. The summed E-state index contributed by atoms with van der Waals surface area (Å²) in [4.78, 5) is 11.4. The Morgan fingerprint density at radius 3 is 2.71 bits per heavy atom. The van der Waals surface area contributed by atoms with Crippen LogP contribution >= 0.6 is 27.5 Å². The summed E-state index contributed by atoms with van der Waals surface area (Å²) in [5.74, 6) is -0.361.